The molecule has 2 fully saturated rings. The lowest BCUT2D eigenvalue weighted by molar-refractivity contribution is -0.144. The number of nitrogens with one attached hydrogen (secondary N) is 1. The van der Waals surface area contributed by atoms with Crippen molar-refractivity contribution in [1.29, 1.82) is 0 Å². The SMILES string of the molecule is Cl.O=C(c1ccn(C2CCCNC2)n1)N1CCN(CC(F)(F)C(F)F)CC1. The summed E-state index contributed by atoms with van der Waals surface area (Å²) in [5, 5.41) is 7.65. The van der Waals surface area contributed by atoms with E-state index in [1.54, 1.807) is 16.9 Å². The van der Waals surface area contributed by atoms with Crippen LogP contribution < -0.4 is 5.32 Å². The van der Waals surface area contributed by atoms with Gasteiger partial charge in [0.15, 0.2) is 0 Å². The van der Waals surface area contributed by atoms with Crippen LogP contribution in [0, 0.1) is 0 Å². The predicted molar refractivity (Wildman–Crippen MR) is 93.9 cm³/mol. The molecule has 1 aromatic rings. The molecule has 3 rings (SSSR count). The molecule has 0 saturated carbocycles. The Morgan fingerprint density at radius 2 is 2.00 bits per heavy atom. The Morgan fingerprint density at radius 3 is 2.59 bits per heavy atom. The molecule has 6 nitrogen and oxygen atoms in total. The lowest BCUT2D eigenvalue weighted by Gasteiger charge is -2.35. The fourth-order valence-corrected chi connectivity index (χ4v) is 3.35. The van der Waals surface area contributed by atoms with Gasteiger partial charge in [-0.05, 0) is 25.5 Å². The molecule has 1 N–H and O–H groups in total. The molecule has 0 bridgehead atoms. The Labute approximate surface area is 161 Å². The first-order valence-corrected chi connectivity index (χ1v) is 8.80. The fraction of sp³-hybridized carbons (Fsp3) is 0.750. The molecule has 1 aromatic heterocycles. The zero-order chi connectivity index (χ0) is 18.7. The molecule has 0 aliphatic carbocycles. The Balaban J connectivity index is 0.00000261. The number of amides is 1. The highest BCUT2D eigenvalue weighted by atomic mass is 35.5. The smallest absolute Gasteiger partial charge is 0.319 e. The van der Waals surface area contributed by atoms with Gasteiger partial charge in [0.25, 0.3) is 5.91 Å². The van der Waals surface area contributed by atoms with E-state index in [0.29, 0.717) is 5.69 Å². The topological polar surface area (TPSA) is 53.4 Å². The van der Waals surface area contributed by atoms with E-state index in [-0.39, 0.29) is 50.5 Å². The number of aromatic nitrogens is 2. The number of nitrogens with zero attached hydrogens (tertiary/aromatic N) is 4. The van der Waals surface area contributed by atoms with Gasteiger partial charge in [0.05, 0.1) is 12.6 Å². The average Bonchev–Trinajstić information content (AvgIpc) is 3.12. The van der Waals surface area contributed by atoms with Crippen LogP contribution in [0.1, 0.15) is 29.4 Å². The van der Waals surface area contributed by atoms with Crippen molar-refractivity contribution < 1.29 is 22.4 Å². The molecule has 2 aliphatic rings. The minimum absolute atomic E-state index is 0. The summed E-state index contributed by atoms with van der Waals surface area (Å²) < 4.78 is 52.7. The second-order valence-corrected chi connectivity index (χ2v) is 6.81. The summed E-state index contributed by atoms with van der Waals surface area (Å²) in [5.74, 6) is -4.29. The quantitative estimate of drug-likeness (QED) is 0.749. The summed E-state index contributed by atoms with van der Waals surface area (Å²) in [4.78, 5) is 15.3. The third kappa shape index (κ3) is 5.32. The van der Waals surface area contributed by atoms with Gasteiger partial charge >= 0.3 is 12.3 Å². The summed E-state index contributed by atoms with van der Waals surface area (Å²) in [6, 6.07) is 1.88. The van der Waals surface area contributed by atoms with E-state index in [0.717, 1.165) is 25.9 Å². The molecular formula is C16H24ClF4N5O. The van der Waals surface area contributed by atoms with Crippen molar-refractivity contribution in [3.63, 3.8) is 0 Å². The maximum absolute atomic E-state index is 13.1. The fourth-order valence-electron chi connectivity index (χ4n) is 3.35. The monoisotopic (exact) mass is 413 g/mol. The van der Waals surface area contributed by atoms with Gasteiger partial charge in [0.1, 0.15) is 5.69 Å². The molecule has 3 heterocycles. The number of piperidine rings is 1. The highest BCUT2D eigenvalue weighted by Gasteiger charge is 2.42. The molecular weight excluding hydrogens is 390 g/mol. The van der Waals surface area contributed by atoms with Crippen LogP contribution in [0.5, 0.6) is 0 Å². The second-order valence-electron chi connectivity index (χ2n) is 6.81. The predicted octanol–water partition coefficient (Wildman–Crippen LogP) is 1.89. The number of rotatable bonds is 5. The summed E-state index contributed by atoms with van der Waals surface area (Å²) in [6.07, 6.45) is 0.156. The highest BCUT2D eigenvalue weighted by molar-refractivity contribution is 5.92. The summed E-state index contributed by atoms with van der Waals surface area (Å²) in [7, 11) is 0. The van der Waals surface area contributed by atoms with Crippen LogP contribution in [0.25, 0.3) is 0 Å². The zero-order valence-electron chi connectivity index (χ0n) is 14.8. The van der Waals surface area contributed by atoms with Crippen molar-refractivity contribution in [2.45, 2.75) is 31.2 Å². The molecule has 1 unspecified atom stereocenters. The number of hydrogen-bond donors (Lipinski definition) is 1. The summed E-state index contributed by atoms with van der Waals surface area (Å²) in [5.41, 5.74) is 0.321. The summed E-state index contributed by atoms with van der Waals surface area (Å²) >= 11 is 0. The normalized spacial score (nSPS) is 22.0. The first-order chi connectivity index (χ1) is 12.4. The highest BCUT2D eigenvalue weighted by Crippen LogP contribution is 2.24. The van der Waals surface area contributed by atoms with Gasteiger partial charge in [-0.3, -0.25) is 14.4 Å². The number of piperazine rings is 1. The number of halogens is 5. The molecule has 0 spiro atoms. The number of alkyl halides is 4. The van der Waals surface area contributed by atoms with Gasteiger partial charge in [-0.15, -0.1) is 12.4 Å². The van der Waals surface area contributed by atoms with E-state index in [2.05, 4.69) is 10.4 Å². The minimum Gasteiger partial charge on any atom is -0.335 e. The van der Waals surface area contributed by atoms with Crippen molar-refractivity contribution in [2.24, 2.45) is 0 Å². The van der Waals surface area contributed by atoms with Gasteiger partial charge < -0.3 is 10.2 Å². The number of hydrogen-bond acceptors (Lipinski definition) is 4. The van der Waals surface area contributed by atoms with E-state index in [9.17, 15) is 22.4 Å². The van der Waals surface area contributed by atoms with E-state index in [1.165, 1.54) is 9.80 Å². The molecule has 0 radical (unpaired) electrons. The minimum atomic E-state index is -4.03. The van der Waals surface area contributed by atoms with Crippen molar-refractivity contribution >= 4 is 18.3 Å². The lowest BCUT2D eigenvalue weighted by atomic mass is 10.1. The van der Waals surface area contributed by atoms with Crippen LogP contribution in [-0.2, 0) is 0 Å². The maximum atomic E-state index is 13.1. The van der Waals surface area contributed by atoms with Gasteiger partial charge in [-0.1, -0.05) is 0 Å². The summed E-state index contributed by atoms with van der Waals surface area (Å²) in [6.45, 7) is 1.52. The Bertz CT molecular complexity index is 616. The number of carbonyl (C=O) groups excluding carboxylic acids is 1. The van der Waals surface area contributed by atoms with Crippen molar-refractivity contribution in [1.82, 2.24) is 24.9 Å². The maximum Gasteiger partial charge on any atom is 0.319 e. The molecule has 1 atom stereocenters. The third-order valence-electron chi connectivity index (χ3n) is 4.89. The molecule has 2 aliphatic heterocycles. The van der Waals surface area contributed by atoms with Gasteiger partial charge in [0.2, 0.25) is 0 Å². The Kier molecular flexibility index (Phi) is 7.47. The average molecular weight is 414 g/mol. The van der Waals surface area contributed by atoms with Crippen LogP contribution in [0.4, 0.5) is 17.6 Å². The Hall–Kier alpha value is -1.39. The van der Waals surface area contributed by atoms with Crippen LogP contribution in [0.2, 0.25) is 0 Å². The largest absolute Gasteiger partial charge is 0.335 e. The number of carbonyl (C=O) groups is 1. The third-order valence-corrected chi connectivity index (χ3v) is 4.89. The van der Waals surface area contributed by atoms with Gasteiger partial charge in [-0.25, -0.2) is 8.78 Å². The van der Waals surface area contributed by atoms with Gasteiger partial charge in [0, 0.05) is 38.9 Å². The van der Waals surface area contributed by atoms with Crippen LogP contribution >= 0.6 is 12.4 Å². The first kappa shape index (κ1) is 21.9. The Morgan fingerprint density at radius 1 is 1.30 bits per heavy atom. The molecule has 1 amide bonds. The van der Waals surface area contributed by atoms with Crippen molar-refractivity contribution in [3.05, 3.63) is 18.0 Å². The second kappa shape index (κ2) is 9.20. The van der Waals surface area contributed by atoms with E-state index in [4.69, 9.17) is 0 Å². The standard InChI is InChI=1S/C16H23F4N5O.ClH/c17-15(18)16(19,20)11-23-6-8-24(9-7-23)14(26)13-3-5-25(22-13)12-2-1-4-21-10-12;/h3,5,12,15,21H,1-2,4,6-11H2;1H. The zero-order valence-corrected chi connectivity index (χ0v) is 15.6. The molecule has 2 saturated heterocycles. The van der Waals surface area contributed by atoms with Crippen LogP contribution in [-0.4, -0.2) is 83.6 Å². The molecule has 0 aromatic carbocycles. The molecule has 154 valence electrons. The lowest BCUT2D eigenvalue weighted by Crippen LogP contribution is -2.52. The molecule has 27 heavy (non-hydrogen) atoms. The van der Waals surface area contributed by atoms with E-state index >= 15 is 0 Å². The van der Waals surface area contributed by atoms with E-state index in [1.807, 2.05) is 0 Å². The first-order valence-electron chi connectivity index (χ1n) is 8.80. The van der Waals surface area contributed by atoms with Crippen LogP contribution in [0.15, 0.2) is 12.3 Å². The van der Waals surface area contributed by atoms with Crippen LogP contribution in [0.3, 0.4) is 0 Å². The van der Waals surface area contributed by atoms with Crippen molar-refractivity contribution in [3.8, 4) is 0 Å². The molecule has 11 heteroatoms. The van der Waals surface area contributed by atoms with Crippen molar-refractivity contribution in [2.75, 3.05) is 45.8 Å². The van der Waals surface area contributed by atoms with Gasteiger partial charge in [-0.2, -0.15) is 13.9 Å². The van der Waals surface area contributed by atoms with E-state index < -0.39 is 18.9 Å².